The SMILES string of the molecule is Cc1cc(/C(O)=C2\C(=O)C(=O)N(c3ccc(F)c(F)c3)C2c2ccc(O)cc2)ccc1OC(C)C. The molecule has 1 fully saturated rings. The normalized spacial score (nSPS) is 17.3. The number of ether oxygens (including phenoxy) is 1. The third-order valence-corrected chi connectivity index (χ3v) is 5.65. The number of carbonyl (C=O) groups is 2. The number of nitrogens with zero attached hydrogens (tertiary/aromatic N) is 1. The van der Waals surface area contributed by atoms with Gasteiger partial charge in [-0.15, -0.1) is 0 Å². The first-order valence-electron chi connectivity index (χ1n) is 10.9. The number of benzene rings is 3. The van der Waals surface area contributed by atoms with E-state index in [9.17, 15) is 28.6 Å². The molecule has 1 amide bonds. The van der Waals surface area contributed by atoms with Crippen molar-refractivity contribution in [3.05, 3.63) is 94.6 Å². The van der Waals surface area contributed by atoms with Crippen molar-refractivity contribution in [2.24, 2.45) is 0 Å². The molecule has 1 aliphatic heterocycles. The third-order valence-electron chi connectivity index (χ3n) is 5.65. The Morgan fingerprint density at radius 3 is 2.26 bits per heavy atom. The molecule has 4 rings (SSSR count). The Morgan fingerprint density at radius 1 is 0.971 bits per heavy atom. The van der Waals surface area contributed by atoms with Gasteiger partial charge in [0.05, 0.1) is 17.7 Å². The van der Waals surface area contributed by atoms with Crippen molar-refractivity contribution >= 4 is 23.1 Å². The van der Waals surface area contributed by atoms with Crippen LogP contribution < -0.4 is 9.64 Å². The first-order chi connectivity index (χ1) is 16.6. The Labute approximate surface area is 200 Å². The minimum atomic E-state index is -1.19. The maximum Gasteiger partial charge on any atom is 0.300 e. The molecule has 3 aromatic carbocycles. The quantitative estimate of drug-likeness (QED) is 0.291. The molecule has 0 aliphatic carbocycles. The number of aliphatic hydroxyl groups excluding tert-OH is 1. The predicted octanol–water partition coefficient (Wildman–Crippen LogP) is 5.39. The van der Waals surface area contributed by atoms with E-state index in [1.807, 2.05) is 13.8 Å². The number of aryl methyl sites for hydroxylation is 1. The van der Waals surface area contributed by atoms with Gasteiger partial charge in [0, 0.05) is 17.3 Å². The third kappa shape index (κ3) is 4.47. The van der Waals surface area contributed by atoms with E-state index in [0.29, 0.717) is 16.9 Å². The fourth-order valence-corrected chi connectivity index (χ4v) is 4.04. The fourth-order valence-electron chi connectivity index (χ4n) is 4.04. The highest BCUT2D eigenvalue weighted by Crippen LogP contribution is 2.43. The molecule has 3 aromatic rings. The van der Waals surface area contributed by atoms with Crippen molar-refractivity contribution in [1.82, 2.24) is 0 Å². The number of amides is 1. The van der Waals surface area contributed by atoms with Gasteiger partial charge in [-0.3, -0.25) is 14.5 Å². The lowest BCUT2D eigenvalue weighted by Crippen LogP contribution is -2.29. The summed E-state index contributed by atoms with van der Waals surface area (Å²) in [6.07, 6.45) is -0.0657. The molecule has 1 heterocycles. The van der Waals surface area contributed by atoms with Crippen LogP contribution in [0.4, 0.5) is 14.5 Å². The molecule has 0 radical (unpaired) electrons. The van der Waals surface area contributed by atoms with Crippen LogP contribution in [0.5, 0.6) is 11.5 Å². The topological polar surface area (TPSA) is 87.1 Å². The Bertz CT molecular complexity index is 1350. The molecule has 0 bridgehead atoms. The molecule has 1 unspecified atom stereocenters. The average Bonchev–Trinajstić information content (AvgIpc) is 3.07. The minimum absolute atomic E-state index is 0.0464. The van der Waals surface area contributed by atoms with E-state index in [1.165, 1.54) is 30.3 Å². The van der Waals surface area contributed by atoms with Crippen LogP contribution in [0.3, 0.4) is 0 Å². The summed E-state index contributed by atoms with van der Waals surface area (Å²) < 4.78 is 33.3. The predicted molar refractivity (Wildman–Crippen MR) is 126 cm³/mol. The van der Waals surface area contributed by atoms with Gasteiger partial charge in [-0.05, 0) is 74.4 Å². The van der Waals surface area contributed by atoms with Gasteiger partial charge in [0.1, 0.15) is 17.3 Å². The molecule has 1 saturated heterocycles. The lowest BCUT2D eigenvalue weighted by atomic mass is 9.94. The second-order valence-electron chi connectivity index (χ2n) is 8.51. The number of aliphatic hydroxyl groups is 1. The zero-order valence-electron chi connectivity index (χ0n) is 19.3. The Hall–Kier alpha value is -4.20. The smallest absolute Gasteiger partial charge is 0.300 e. The first-order valence-corrected chi connectivity index (χ1v) is 10.9. The Balaban J connectivity index is 1.90. The molecule has 180 valence electrons. The van der Waals surface area contributed by atoms with Crippen molar-refractivity contribution in [2.75, 3.05) is 4.90 Å². The van der Waals surface area contributed by atoms with Crippen molar-refractivity contribution in [3.63, 3.8) is 0 Å². The monoisotopic (exact) mass is 479 g/mol. The largest absolute Gasteiger partial charge is 0.508 e. The average molecular weight is 479 g/mol. The molecule has 8 heteroatoms. The summed E-state index contributed by atoms with van der Waals surface area (Å²) in [4.78, 5) is 27.2. The van der Waals surface area contributed by atoms with E-state index < -0.39 is 35.1 Å². The molecule has 1 atom stereocenters. The standard InChI is InChI=1S/C27H23F2NO5/c1-14(2)35-22-11-6-17(12-15(22)3)25(32)23-24(16-4-8-19(31)9-5-16)30(27(34)26(23)33)18-7-10-20(28)21(29)13-18/h4-14,24,31-32H,1-3H3/b25-23+. The van der Waals surface area contributed by atoms with Gasteiger partial charge in [0.25, 0.3) is 11.7 Å². The maximum absolute atomic E-state index is 14.0. The van der Waals surface area contributed by atoms with Crippen LogP contribution in [-0.4, -0.2) is 28.0 Å². The number of anilines is 1. The van der Waals surface area contributed by atoms with Crippen molar-refractivity contribution < 1.29 is 33.3 Å². The van der Waals surface area contributed by atoms with Crippen LogP contribution in [-0.2, 0) is 9.59 Å². The summed E-state index contributed by atoms with van der Waals surface area (Å²) in [5.41, 5.74) is 1.09. The fraction of sp³-hybridized carbons (Fsp3) is 0.185. The molecule has 6 nitrogen and oxygen atoms in total. The molecule has 1 aliphatic rings. The summed E-state index contributed by atoms with van der Waals surface area (Å²) in [6.45, 7) is 5.54. The van der Waals surface area contributed by atoms with Crippen LogP contribution in [0.1, 0.15) is 36.6 Å². The number of phenolic OH excluding ortho intramolecular Hbond substituents is 1. The second kappa shape index (κ2) is 9.21. The van der Waals surface area contributed by atoms with Crippen LogP contribution in [0.15, 0.2) is 66.2 Å². The van der Waals surface area contributed by atoms with Crippen molar-refractivity contribution in [3.8, 4) is 11.5 Å². The minimum Gasteiger partial charge on any atom is -0.508 e. The number of phenols is 1. The van der Waals surface area contributed by atoms with Crippen LogP contribution in [0, 0.1) is 18.6 Å². The number of rotatable bonds is 5. The van der Waals surface area contributed by atoms with Gasteiger partial charge in [-0.1, -0.05) is 12.1 Å². The van der Waals surface area contributed by atoms with Crippen molar-refractivity contribution in [1.29, 1.82) is 0 Å². The summed E-state index contributed by atoms with van der Waals surface area (Å²) in [7, 11) is 0. The highest BCUT2D eigenvalue weighted by molar-refractivity contribution is 6.51. The van der Waals surface area contributed by atoms with E-state index in [2.05, 4.69) is 0 Å². The van der Waals surface area contributed by atoms with Gasteiger partial charge in [0.15, 0.2) is 11.6 Å². The number of hydrogen-bond donors (Lipinski definition) is 2. The maximum atomic E-state index is 14.0. The molecule has 0 aromatic heterocycles. The second-order valence-corrected chi connectivity index (χ2v) is 8.51. The Kier molecular flexibility index (Phi) is 6.30. The van der Waals surface area contributed by atoms with Gasteiger partial charge in [-0.25, -0.2) is 8.78 Å². The summed E-state index contributed by atoms with van der Waals surface area (Å²) in [5.74, 6) is -4.15. The van der Waals surface area contributed by atoms with Crippen LogP contribution in [0.25, 0.3) is 5.76 Å². The van der Waals surface area contributed by atoms with E-state index in [4.69, 9.17) is 4.74 Å². The first kappa shape index (κ1) is 23.9. The van der Waals surface area contributed by atoms with Crippen LogP contribution >= 0.6 is 0 Å². The summed E-state index contributed by atoms with van der Waals surface area (Å²) >= 11 is 0. The van der Waals surface area contributed by atoms with E-state index in [-0.39, 0.29) is 28.7 Å². The molecular weight excluding hydrogens is 456 g/mol. The van der Waals surface area contributed by atoms with Gasteiger partial charge >= 0.3 is 0 Å². The van der Waals surface area contributed by atoms with Gasteiger partial charge in [0.2, 0.25) is 0 Å². The van der Waals surface area contributed by atoms with Crippen LogP contribution in [0.2, 0.25) is 0 Å². The molecule has 35 heavy (non-hydrogen) atoms. The zero-order chi connectivity index (χ0) is 25.4. The van der Waals surface area contributed by atoms with Gasteiger partial charge < -0.3 is 14.9 Å². The summed E-state index contributed by atoms with van der Waals surface area (Å²) in [5, 5.41) is 20.9. The lowest BCUT2D eigenvalue weighted by molar-refractivity contribution is -0.132. The number of carbonyl (C=O) groups excluding carboxylic acids is 2. The van der Waals surface area contributed by atoms with Crippen molar-refractivity contribution in [2.45, 2.75) is 32.9 Å². The molecule has 2 N–H and O–H groups in total. The number of ketones is 1. The summed E-state index contributed by atoms with van der Waals surface area (Å²) in [6, 6.07) is 12.3. The Morgan fingerprint density at radius 2 is 1.66 bits per heavy atom. The van der Waals surface area contributed by atoms with E-state index in [1.54, 1.807) is 25.1 Å². The molecule has 0 spiro atoms. The number of halogens is 2. The number of hydrogen-bond acceptors (Lipinski definition) is 5. The number of Topliss-reactive ketones (excluding diaryl/α,β-unsaturated/α-hetero) is 1. The van der Waals surface area contributed by atoms with Gasteiger partial charge in [-0.2, -0.15) is 0 Å². The number of aromatic hydroxyl groups is 1. The zero-order valence-corrected chi connectivity index (χ0v) is 19.3. The molecule has 0 saturated carbocycles. The van der Waals surface area contributed by atoms with E-state index in [0.717, 1.165) is 17.0 Å². The lowest BCUT2D eigenvalue weighted by Gasteiger charge is -2.25. The highest BCUT2D eigenvalue weighted by Gasteiger charge is 2.47. The highest BCUT2D eigenvalue weighted by atomic mass is 19.2. The van der Waals surface area contributed by atoms with E-state index >= 15 is 0 Å². The molecular formula is C27H23F2NO5.